The smallest absolute Gasteiger partial charge is 0.0467 e. The zero-order valence-corrected chi connectivity index (χ0v) is 27.0. The van der Waals surface area contributed by atoms with E-state index in [1.807, 2.05) is 31.2 Å². The Morgan fingerprint density at radius 1 is 0.426 bits per heavy atom. The molecule has 0 fully saturated rings. The molecular formula is C45H40N2. The Labute approximate surface area is 280 Å². The first-order valence-electron chi connectivity index (χ1n) is 15.6. The van der Waals surface area contributed by atoms with Crippen LogP contribution in [0.25, 0.3) is 23.3 Å². The molecule has 6 rings (SSSR count). The third kappa shape index (κ3) is 8.13. The zero-order chi connectivity index (χ0) is 33.0. The minimum Gasteiger partial charge on any atom is -0.310 e. The van der Waals surface area contributed by atoms with E-state index in [9.17, 15) is 0 Å². The van der Waals surface area contributed by atoms with Gasteiger partial charge in [-0.15, -0.1) is 0 Å². The molecule has 0 bridgehead atoms. The van der Waals surface area contributed by atoms with Gasteiger partial charge in [0.05, 0.1) is 0 Å². The van der Waals surface area contributed by atoms with E-state index >= 15 is 0 Å². The maximum atomic E-state index is 3.96. The predicted octanol–water partition coefficient (Wildman–Crippen LogP) is 13.3. The van der Waals surface area contributed by atoms with Gasteiger partial charge in [-0.1, -0.05) is 135 Å². The van der Waals surface area contributed by atoms with E-state index in [0.29, 0.717) is 0 Å². The fourth-order valence-corrected chi connectivity index (χ4v) is 5.24. The molecule has 0 aliphatic carbocycles. The fraction of sp³-hybridized carbons (Fsp3) is 0.0222. The lowest BCUT2D eigenvalue weighted by Crippen LogP contribution is -2.10. The molecular weight excluding hydrogens is 569 g/mol. The van der Waals surface area contributed by atoms with E-state index in [-0.39, 0.29) is 0 Å². The fourth-order valence-electron chi connectivity index (χ4n) is 5.24. The van der Waals surface area contributed by atoms with Crippen molar-refractivity contribution in [3.8, 4) is 11.1 Å². The van der Waals surface area contributed by atoms with Crippen LogP contribution in [0.1, 0.15) is 18.1 Å². The molecule has 2 nitrogen and oxygen atoms in total. The van der Waals surface area contributed by atoms with E-state index in [2.05, 4.69) is 182 Å². The third-order valence-corrected chi connectivity index (χ3v) is 7.69. The molecule has 0 heterocycles. The maximum absolute atomic E-state index is 3.96. The number of rotatable bonds is 10. The van der Waals surface area contributed by atoms with Crippen LogP contribution < -0.4 is 9.80 Å². The summed E-state index contributed by atoms with van der Waals surface area (Å²) in [6, 6.07) is 55.3. The molecule has 0 saturated heterocycles. The number of nitrogens with zero attached hydrogens (tertiary/aromatic N) is 2. The van der Waals surface area contributed by atoms with Crippen LogP contribution in [0.2, 0.25) is 0 Å². The van der Waals surface area contributed by atoms with Crippen molar-refractivity contribution in [1.82, 2.24) is 0 Å². The highest BCUT2D eigenvalue weighted by Gasteiger charge is 2.14. The molecule has 0 radical (unpaired) electrons. The highest BCUT2D eigenvalue weighted by atomic mass is 15.1. The number of allylic oxidation sites excluding steroid dienone is 2. The Morgan fingerprint density at radius 2 is 0.745 bits per heavy atom. The van der Waals surface area contributed by atoms with Crippen LogP contribution in [0.5, 0.6) is 0 Å². The van der Waals surface area contributed by atoms with Gasteiger partial charge in [-0.3, -0.25) is 0 Å². The lowest BCUT2D eigenvalue weighted by molar-refractivity contribution is 1.28. The molecule has 0 saturated carbocycles. The molecule has 0 atom stereocenters. The molecule has 0 spiro atoms. The SMILES string of the molecule is C=CC(=C)C.C=Cc1cccc(N(c2ccccc2)c2ccc(-c3ccc(N(c4ccccc4)c4cccc(C=C)c4)cc3)cc2)c1. The van der Waals surface area contributed by atoms with Crippen LogP contribution >= 0.6 is 0 Å². The van der Waals surface area contributed by atoms with E-state index in [1.165, 1.54) is 0 Å². The topological polar surface area (TPSA) is 6.48 Å². The van der Waals surface area contributed by atoms with Crippen LogP contribution in [0.4, 0.5) is 34.1 Å². The van der Waals surface area contributed by atoms with Crippen molar-refractivity contribution >= 4 is 46.3 Å². The minimum atomic E-state index is 1.02. The summed E-state index contributed by atoms with van der Waals surface area (Å²) < 4.78 is 0. The van der Waals surface area contributed by atoms with Gasteiger partial charge in [0, 0.05) is 34.1 Å². The summed E-state index contributed by atoms with van der Waals surface area (Å²) in [5.41, 5.74) is 12.1. The summed E-state index contributed by atoms with van der Waals surface area (Å²) in [7, 11) is 0. The van der Waals surface area contributed by atoms with E-state index in [1.54, 1.807) is 6.08 Å². The molecule has 47 heavy (non-hydrogen) atoms. The van der Waals surface area contributed by atoms with E-state index < -0.39 is 0 Å². The normalized spacial score (nSPS) is 10.1. The first-order valence-corrected chi connectivity index (χ1v) is 15.6. The van der Waals surface area contributed by atoms with Gasteiger partial charge in [-0.05, 0) is 102 Å². The number of anilines is 6. The van der Waals surface area contributed by atoms with E-state index in [0.717, 1.165) is 62.0 Å². The predicted molar refractivity (Wildman–Crippen MR) is 206 cm³/mol. The molecule has 6 aromatic rings. The summed E-state index contributed by atoms with van der Waals surface area (Å²) in [4.78, 5) is 4.55. The standard InChI is InChI=1S/C40H32N2.C5H8/c1-3-31-13-11-19-39(29-31)41(35-15-7-5-8-16-35)37-25-21-33(22-26-37)34-23-27-38(28-24-34)42(36-17-9-6-10-18-36)40-20-12-14-32(4-2)30-40;1-4-5(2)3/h3-30H,1-2H2;4H,1-2H2,3H3. The Hall–Kier alpha value is -6.12. The van der Waals surface area contributed by atoms with Crippen molar-refractivity contribution in [2.45, 2.75) is 6.92 Å². The lowest BCUT2D eigenvalue weighted by Gasteiger charge is -2.26. The van der Waals surface area contributed by atoms with Gasteiger partial charge >= 0.3 is 0 Å². The molecule has 0 aliphatic heterocycles. The Bertz CT molecular complexity index is 1800. The average molecular weight is 609 g/mol. The summed E-state index contributed by atoms with van der Waals surface area (Å²) >= 11 is 0. The summed E-state index contributed by atoms with van der Waals surface area (Å²) in [5.74, 6) is 0. The first-order chi connectivity index (χ1) is 23.0. The first kappa shape index (κ1) is 32.3. The molecule has 0 aliphatic rings. The van der Waals surface area contributed by atoms with E-state index in [4.69, 9.17) is 0 Å². The van der Waals surface area contributed by atoms with Gasteiger partial charge in [-0.2, -0.15) is 0 Å². The van der Waals surface area contributed by atoms with Gasteiger partial charge in [0.25, 0.3) is 0 Å². The summed E-state index contributed by atoms with van der Waals surface area (Å²) in [6.07, 6.45) is 5.49. The second-order valence-corrected chi connectivity index (χ2v) is 11.1. The van der Waals surface area contributed by atoms with Crippen molar-refractivity contribution in [3.05, 3.63) is 207 Å². The molecule has 2 heteroatoms. The molecule has 6 aromatic carbocycles. The van der Waals surface area contributed by atoms with Crippen molar-refractivity contribution in [2.75, 3.05) is 9.80 Å². The van der Waals surface area contributed by atoms with Crippen molar-refractivity contribution in [1.29, 1.82) is 0 Å². The maximum Gasteiger partial charge on any atom is 0.0467 e. The number of hydrogen-bond acceptors (Lipinski definition) is 2. The number of hydrogen-bond donors (Lipinski definition) is 0. The third-order valence-electron chi connectivity index (χ3n) is 7.69. The molecule has 0 unspecified atom stereocenters. The van der Waals surface area contributed by atoms with Gasteiger partial charge in [-0.25, -0.2) is 0 Å². The second-order valence-electron chi connectivity index (χ2n) is 11.1. The van der Waals surface area contributed by atoms with Gasteiger partial charge < -0.3 is 9.80 Å². The largest absolute Gasteiger partial charge is 0.310 e. The molecule has 0 amide bonds. The summed E-state index contributed by atoms with van der Waals surface area (Å²) in [6.45, 7) is 16.8. The highest BCUT2D eigenvalue weighted by Crippen LogP contribution is 2.38. The zero-order valence-electron chi connectivity index (χ0n) is 27.0. The molecule has 0 aromatic heterocycles. The average Bonchev–Trinajstić information content (AvgIpc) is 3.14. The number of para-hydroxylation sites is 2. The number of benzene rings is 6. The lowest BCUT2D eigenvalue weighted by atomic mass is 10.0. The molecule has 230 valence electrons. The molecule has 0 N–H and O–H groups in total. The Balaban J connectivity index is 0.000000807. The minimum absolute atomic E-state index is 1.02. The quantitative estimate of drug-likeness (QED) is 0.143. The Kier molecular flexibility index (Phi) is 10.8. The van der Waals surface area contributed by atoms with Gasteiger partial charge in [0.15, 0.2) is 0 Å². The van der Waals surface area contributed by atoms with Crippen molar-refractivity contribution in [3.63, 3.8) is 0 Å². The highest BCUT2D eigenvalue weighted by molar-refractivity contribution is 5.81. The monoisotopic (exact) mass is 608 g/mol. The second kappa shape index (κ2) is 15.7. The van der Waals surface area contributed by atoms with Crippen LogP contribution in [-0.2, 0) is 0 Å². The van der Waals surface area contributed by atoms with Crippen molar-refractivity contribution < 1.29 is 0 Å². The Morgan fingerprint density at radius 3 is 1.06 bits per heavy atom. The van der Waals surface area contributed by atoms with Crippen LogP contribution in [0.3, 0.4) is 0 Å². The van der Waals surface area contributed by atoms with Crippen LogP contribution in [0, 0.1) is 0 Å². The van der Waals surface area contributed by atoms with Crippen LogP contribution in [-0.4, -0.2) is 0 Å². The van der Waals surface area contributed by atoms with Crippen LogP contribution in [0.15, 0.2) is 196 Å². The van der Waals surface area contributed by atoms with Gasteiger partial charge in [0.2, 0.25) is 0 Å². The summed E-state index contributed by atoms with van der Waals surface area (Å²) in [5, 5.41) is 0. The van der Waals surface area contributed by atoms with Gasteiger partial charge in [0.1, 0.15) is 0 Å². The van der Waals surface area contributed by atoms with Crippen molar-refractivity contribution in [2.24, 2.45) is 0 Å².